The second-order valence-corrected chi connectivity index (χ2v) is 5.59. The molecule has 3 rings (SSSR count). The van der Waals surface area contributed by atoms with Gasteiger partial charge in [0.05, 0.1) is 11.2 Å². The van der Waals surface area contributed by atoms with Crippen molar-refractivity contribution in [2.45, 2.75) is 0 Å². The number of phenols is 1. The highest BCUT2D eigenvalue weighted by atomic mass is 16.6. The summed E-state index contributed by atoms with van der Waals surface area (Å²) in [6.45, 7) is 0. The number of carbonyl (C=O) groups excluding carboxylic acids is 2. The van der Waals surface area contributed by atoms with Gasteiger partial charge in [-0.1, -0.05) is 0 Å². The van der Waals surface area contributed by atoms with Gasteiger partial charge in [0.2, 0.25) is 5.76 Å². The molecule has 8 heteroatoms. The molecular weight excluding hydrogens is 366 g/mol. The fraction of sp³-hybridized carbons (Fsp3) is 0. The maximum atomic E-state index is 12.2. The lowest BCUT2D eigenvalue weighted by Crippen LogP contribution is -2.07. The predicted octanol–water partition coefficient (Wildman–Crippen LogP) is 4.01. The van der Waals surface area contributed by atoms with Crippen LogP contribution in [0.1, 0.15) is 26.5 Å². The number of nitrogens with zero attached hydrogens (tertiary/aromatic N) is 1. The molecule has 8 nitrogen and oxygen atoms in total. The molecule has 0 spiro atoms. The monoisotopic (exact) mass is 379 g/mol. The van der Waals surface area contributed by atoms with Crippen LogP contribution in [-0.4, -0.2) is 21.8 Å². The lowest BCUT2D eigenvalue weighted by atomic mass is 10.1. The highest BCUT2D eigenvalue weighted by molar-refractivity contribution is 6.07. The van der Waals surface area contributed by atoms with Crippen LogP contribution in [0.25, 0.3) is 6.08 Å². The summed E-state index contributed by atoms with van der Waals surface area (Å²) in [5, 5.41) is 20.6. The molecule has 0 aliphatic carbocycles. The topological polar surface area (TPSA) is 120 Å². The summed E-state index contributed by atoms with van der Waals surface area (Å²) < 4.78 is 10.1. The van der Waals surface area contributed by atoms with Crippen LogP contribution in [-0.2, 0) is 0 Å². The van der Waals surface area contributed by atoms with Crippen molar-refractivity contribution in [2.75, 3.05) is 0 Å². The van der Waals surface area contributed by atoms with Gasteiger partial charge in [-0.3, -0.25) is 14.9 Å². The Morgan fingerprint density at radius 2 is 1.86 bits per heavy atom. The molecule has 1 N–H and O–H groups in total. The molecule has 0 aliphatic rings. The molecule has 0 saturated heterocycles. The molecule has 140 valence electrons. The molecule has 0 aliphatic heterocycles. The quantitative estimate of drug-likeness (QED) is 0.172. The third kappa shape index (κ3) is 4.31. The van der Waals surface area contributed by atoms with Crippen molar-refractivity contribution in [1.82, 2.24) is 0 Å². The average molecular weight is 379 g/mol. The summed E-state index contributed by atoms with van der Waals surface area (Å²) in [6, 6.07) is 12.4. The van der Waals surface area contributed by atoms with Gasteiger partial charge in [-0.05, 0) is 54.6 Å². The highest BCUT2D eigenvalue weighted by Crippen LogP contribution is 2.24. The number of rotatable bonds is 6. The predicted molar refractivity (Wildman–Crippen MR) is 98.2 cm³/mol. The molecule has 3 aromatic rings. The lowest BCUT2D eigenvalue weighted by molar-refractivity contribution is -0.384. The second kappa shape index (κ2) is 8.00. The summed E-state index contributed by atoms with van der Waals surface area (Å²) in [5.74, 6) is -0.951. The number of carbonyl (C=O) groups is 2. The van der Waals surface area contributed by atoms with Gasteiger partial charge in [-0.2, -0.15) is 0 Å². The number of esters is 1. The molecule has 0 amide bonds. The van der Waals surface area contributed by atoms with Crippen molar-refractivity contribution in [1.29, 1.82) is 0 Å². The van der Waals surface area contributed by atoms with Crippen LogP contribution in [0.2, 0.25) is 0 Å². The van der Waals surface area contributed by atoms with E-state index in [1.165, 1.54) is 54.8 Å². The minimum atomic E-state index is -0.662. The molecule has 0 fully saturated rings. The Balaban J connectivity index is 1.69. The Hall–Kier alpha value is -4.20. The fourth-order valence-corrected chi connectivity index (χ4v) is 2.29. The number of phenolic OH excluding ortho intramolecular Hbond substituents is 1. The van der Waals surface area contributed by atoms with E-state index in [2.05, 4.69) is 0 Å². The Morgan fingerprint density at radius 3 is 2.50 bits per heavy atom. The van der Waals surface area contributed by atoms with Crippen LogP contribution in [0.5, 0.6) is 11.5 Å². The first-order valence-corrected chi connectivity index (χ1v) is 7.99. The Labute approximate surface area is 158 Å². The zero-order valence-electron chi connectivity index (χ0n) is 14.3. The van der Waals surface area contributed by atoms with Gasteiger partial charge in [0, 0.05) is 23.3 Å². The highest BCUT2D eigenvalue weighted by Gasteiger charge is 2.12. The smallest absolute Gasteiger partial charge is 0.379 e. The average Bonchev–Trinajstić information content (AvgIpc) is 3.22. The van der Waals surface area contributed by atoms with Gasteiger partial charge in [-0.15, -0.1) is 0 Å². The van der Waals surface area contributed by atoms with Crippen molar-refractivity contribution in [2.24, 2.45) is 0 Å². The summed E-state index contributed by atoms with van der Waals surface area (Å²) in [7, 11) is 0. The van der Waals surface area contributed by atoms with Crippen LogP contribution in [0.3, 0.4) is 0 Å². The maximum absolute atomic E-state index is 12.2. The van der Waals surface area contributed by atoms with Crippen LogP contribution >= 0.6 is 0 Å². The number of ether oxygens (including phenoxy) is 1. The molecule has 0 atom stereocenters. The van der Waals surface area contributed by atoms with E-state index in [0.29, 0.717) is 5.56 Å². The van der Waals surface area contributed by atoms with Crippen LogP contribution in [0, 0.1) is 10.1 Å². The van der Waals surface area contributed by atoms with Crippen molar-refractivity contribution >= 4 is 23.5 Å². The van der Waals surface area contributed by atoms with E-state index in [-0.39, 0.29) is 28.5 Å². The largest absolute Gasteiger partial charge is 0.507 e. The third-order valence-electron chi connectivity index (χ3n) is 3.71. The summed E-state index contributed by atoms with van der Waals surface area (Å²) in [5.41, 5.74) is 0.248. The van der Waals surface area contributed by atoms with E-state index in [4.69, 9.17) is 9.15 Å². The maximum Gasteiger partial charge on any atom is 0.379 e. The number of ketones is 1. The van der Waals surface area contributed by atoms with E-state index >= 15 is 0 Å². The van der Waals surface area contributed by atoms with Gasteiger partial charge >= 0.3 is 5.97 Å². The number of non-ortho nitro benzene ring substituents is 1. The first-order valence-electron chi connectivity index (χ1n) is 7.99. The number of nitro benzene ring substituents is 1. The first kappa shape index (κ1) is 18.6. The van der Waals surface area contributed by atoms with E-state index in [1.54, 1.807) is 6.07 Å². The standard InChI is InChI=1S/C20H13NO7/c22-17(9-5-14-12-15(21(25)26)6-10-18(14)23)13-3-7-16(8-4-13)28-20(24)19-2-1-11-27-19/h1-12,23H/b9-5+. The molecular formula is C20H13NO7. The second-order valence-electron chi connectivity index (χ2n) is 5.59. The zero-order chi connectivity index (χ0) is 20.1. The number of furan rings is 1. The summed E-state index contributed by atoms with van der Waals surface area (Å²) >= 11 is 0. The number of allylic oxidation sites excluding steroid dienone is 1. The molecule has 2 aromatic carbocycles. The Kier molecular flexibility index (Phi) is 5.31. The van der Waals surface area contributed by atoms with E-state index in [0.717, 1.165) is 12.1 Å². The van der Waals surface area contributed by atoms with Gasteiger partial charge in [0.15, 0.2) is 5.78 Å². The lowest BCUT2D eigenvalue weighted by Gasteiger charge is -2.03. The van der Waals surface area contributed by atoms with E-state index < -0.39 is 16.7 Å². The minimum Gasteiger partial charge on any atom is -0.507 e. The van der Waals surface area contributed by atoms with Gasteiger partial charge in [0.25, 0.3) is 5.69 Å². The van der Waals surface area contributed by atoms with Crippen LogP contribution < -0.4 is 4.74 Å². The molecule has 0 bridgehead atoms. The van der Waals surface area contributed by atoms with Crippen molar-refractivity contribution < 1.29 is 28.8 Å². The number of hydrogen-bond donors (Lipinski definition) is 1. The number of aromatic hydroxyl groups is 1. The summed E-state index contributed by atoms with van der Waals surface area (Å²) in [6.07, 6.45) is 3.82. The normalized spacial score (nSPS) is 10.7. The Bertz CT molecular complexity index is 1050. The van der Waals surface area contributed by atoms with Gasteiger partial charge < -0.3 is 14.3 Å². The number of nitro groups is 1. The van der Waals surface area contributed by atoms with Crippen LogP contribution in [0.4, 0.5) is 5.69 Å². The van der Waals surface area contributed by atoms with Gasteiger partial charge in [0.1, 0.15) is 11.5 Å². The Morgan fingerprint density at radius 1 is 1.11 bits per heavy atom. The SMILES string of the molecule is O=C(/C=C/c1cc([N+](=O)[O-])ccc1O)c1ccc(OC(=O)c2ccco2)cc1. The van der Waals surface area contributed by atoms with Crippen molar-refractivity contribution in [3.63, 3.8) is 0 Å². The first-order chi connectivity index (χ1) is 13.4. The van der Waals surface area contributed by atoms with Gasteiger partial charge in [-0.25, -0.2) is 4.79 Å². The minimum absolute atomic E-state index is 0.0554. The molecule has 1 aromatic heterocycles. The van der Waals surface area contributed by atoms with Crippen molar-refractivity contribution in [3.05, 3.63) is 93.9 Å². The zero-order valence-corrected chi connectivity index (χ0v) is 14.3. The molecule has 0 radical (unpaired) electrons. The molecule has 1 heterocycles. The van der Waals surface area contributed by atoms with Crippen LogP contribution in [0.15, 0.2) is 71.4 Å². The van der Waals surface area contributed by atoms with Crippen molar-refractivity contribution in [3.8, 4) is 11.5 Å². The fourth-order valence-electron chi connectivity index (χ4n) is 2.29. The molecule has 28 heavy (non-hydrogen) atoms. The third-order valence-corrected chi connectivity index (χ3v) is 3.71. The number of benzene rings is 2. The molecule has 0 saturated carbocycles. The number of hydrogen-bond acceptors (Lipinski definition) is 7. The summed E-state index contributed by atoms with van der Waals surface area (Å²) in [4.78, 5) is 34.2. The van der Waals surface area contributed by atoms with E-state index in [1.807, 2.05) is 0 Å². The molecule has 0 unspecified atom stereocenters. The van der Waals surface area contributed by atoms with E-state index in [9.17, 15) is 24.8 Å².